The molecule has 2 aromatic rings. The van der Waals surface area contributed by atoms with Gasteiger partial charge in [-0.3, -0.25) is 0 Å². The van der Waals surface area contributed by atoms with E-state index >= 15 is 0 Å². The Morgan fingerprint density at radius 1 is 0.895 bits per heavy atom. The summed E-state index contributed by atoms with van der Waals surface area (Å²) in [6.45, 7) is 3.06. The summed E-state index contributed by atoms with van der Waals surface area (Å²) in [7, 11) is 1.94. The molecule has 0 spiro atoms. The van der Waals surface area contributed by atoms with Crippen molar-refractivity contribution in [3.63, 3.8) is 0 Å². The summed E-state index contributed by atoms with van der Waals surface area (Å²) < 4.78 is 0. The van der Waals surface area contributed by atoms with Crippen molar-refractivity contribution in [2.24, 2.45) is 0 Å². The van der Waals surface area contributed by atoms with Gasteiger partial charge in [-0.05, 0) is 41.8 Å². The van der Waals surface area contributed by atoms with E-state index in [0.717, 1.165) is 18.7 Å². The van der Waals surface area contributed by atoms with Gasteiger partial charge in [0.25, 0.3) is 0 Å². The number of rotatable bonds is 6. The van der Waals surface area contributed by atoms with Crippen LogP contribution in [0.2, 0.25) is 0 Å². The van der Waals surface area contributed by atoms with Crippen LogP contribution in [0.3, 0.4) is 0 Å². The molecule has 0 amide bonds. The Balaban J connectivity index is 1.94. The molecule has 100 valence electrons. The van der Waals surface area contributed by atoms with E-state index in [-0.39, 0.29) is 0 Å². The topological polar surface area (TPSA) is 24.1 Å². The second-order valence-corrected chi connectivity index (χ2v) is 4.75. The molecule has 0 saturated carbocycles. The predicted molar refractivity (Wildman–Crippen MR) is 83.8 cm³/mol. The number of anilines is 2. The van der Waals surface area contributed by atoms with Crippen molar-refractivity contribution in [3.8, 4) is 0 Å². The molecule has 19 heavy (non-hydrogen) atoms. The molecule has 0 bridgehead atoms. The van der Waals surface area contributed by atoms with E-state index < -0.39 is 0 Å². The smallest absolute Gasteiger partial charge is 0.0401 e. The fourth-order valence-electron chi connectivity index (χ4n) is 2.12. The van der Waals surface area contributed by atoms with E-state index in [0.29, 0.717) is 0 Å². The molecule has 0 fully saturated rings. The van der Waals surface area contributed by atoms with Gasteiger partial charge in [-0.1, -0.05) is 37.6 Å². The Hall–Kier alpha value is -1.96. The zero-order valence-corrected chi connectivity index (χ0v) is 11.7. The monoisotopic (exact) mass is 254 g/mol. The van der Waals surface area contributed by atoms with Crippen LogP contribution < -0.4 is 10.6 Å². The summed E-state index contributed by atoms with van der Waals surface area (Å²) in [6.07, 6.45) is 2.36. The summed E-state index contributed by atoms with van der Waals surface area (Å²) in [5.41, 5.74) is 5.02. The first-order chi connectivity index (χ1) is 9.31. The molecule has 2 N–H and O–H groups in total. The normalized spacial score (nSPS) is 10.2. The lowest BCUT2D eigenvalue weighted by molar-refractivity contribution is 0.922. The average Bonchev–Trinajstić information content (AvgIpc) is 2.47. The third-order valence-corrected chi connectivity index (χ3v) is 3.20. The average molecular weight is 254 g/mol. The lowest BCUT2D eigenvalue weighted by Gasteiger charge is -2.09. The molecule has 0 unspecified atom stereocenters. The molecule has 0 aliphatic rings. The predicted octanol–water partition coefficient (Wildman–Crippen LogP) is 4.29. The summed E-state index contributed by atoms with van der Waals surface area (Å²) >= 11 is 0. The maximum Gasteiger partial charge on any atom is 0.0401 e. The number of hydrogen-bond acceptors (Lipinski definition) is 2. The van der Waals surface area contributed by atoms with Gasteiger partial charge in [-0.2, -0.15) is 0 Å². The molecule has 0 heterocycles. The molecule has 2 aromatic carbocycles. The van der Waals surface area contributed by atoms with Crippen LogP contribution in [0, 0.1) is 0 Å². The van der Waals surface area contributed by atoms with Crippen LogP contribution in [0.25, 0.3) is 0 Å². The minimum atomic E-state index is 0.850. The summed E-state index contributed by atoms with van der Waals surface area (Å²) in [5.74, 6) is 0. The fraction of sp³-hybridized carbons (Fsp3) is 0.294. The third kappa shape index (κ3) is 4.02. The molecule has 0 atom stereocenters. The molecule has 2 nitrogen and oxygen atoms in total. The molecular formula is C17H22N2. The minimum Gasteiger partial charge on any atom is -0.388 e. The van der Waals surface area contributed by atoms with Crippen LogP contribution in [0.15, 0.2) is 48.5 Å². The highest BCUT2D eigenvalue weighted by Crippen LogP contribution is 2.14. The standard InChI is InChI=1S/C17H22N2/c1-3-5-14-8-10-16(11-9-14)19-13-15-6-4-7-17(12-15)18-2/h4,6-12,18-19H,3,5,13H2,1-2H3. The highest BCUT2D eigenvalue weighted by atomic mass is 14.9. The molecule has 0 aliphatic carbocycles. The van der Waals surface area contributed by atoms with Crippen LogP contribution in [-0.4, -0.2) is 7.05 Å². The highest BCUT2D eigenvalue weighted by Gasteiger charge is 1.96. The Morgan fingerprint density at radius 3 is 2.37 bits per heavy atom. The largest absolute Gasteiger partial charge is 0.388 e. The summed E-state index contributed by atoms with van der Waals surface area (Å²) in [5, 5.41) is 6.61. The van der Waals surface area contributed by atoms with Crippen molar-refractivity contribution in [3.05, 3.63) is 59.7 Å². The molecule has 0 aromatic heterocycles. The van der Waals surface area contributed by atoms with Crippen LogP contribution >= 0.6 is 0 Å². The summed E-state index contributed by atoms with van der Waals surface area (Å²) in [4.78, 5) is 0. The van der Waals surface area contributed by atoms with Crippen molar-refractivity contribution < 1.29 is 0 Å². The van der Waals surface area contributed by atoms with Crippen molar-refractivity contribution in [2.45, 2.75) is 26.3 Å². The lowest BCUT2D eigenvalue weighted by Crippen LogP contribution is -2.00. The molecule has 2 rings (SSSR count). The SMILES string of the molecule is CCCc1ccc(NCc2cccc(NC)c2)cc1. The van der Waals surface area contributed by atoms with Gasteiger partial charge in [-0.15, -0.1) is 0 Å². The van der Waals surface area contributed by atoms with Gasteiger partial charge in [0.15, 0.2) is 0 Å². The Bertz CT molecular complexity index is 503. The molecular weight excluding hydrogens is 232 g/mol. The zero-order valence-electron chi connectivity index (χ0n) is 11.7. The van der Waals surface area contributed by atoms with Gasteiger partial charge in [0, 0.05) is 25.0 Å². The van der Waals surface area contributed by atoms with Crippen molar-refractivity contribution in [1.29, 1.82) is 0 Å². The van der Waals surface area contributed by atoms with Gasteiger partial charge in [0.05, 0.1) is 0 Å². The number of aryl methyl sites for hydroxylation is 1. The van der Waals surface area contributed by atoms with E-state index in [1.165, 1.54) is 23.2 Å². The maximum atomic E-state index is 3.45. The third-order valence-electron chi connectivity index (χ3n) is 3.20. The van der Waals surface area contributed by atoms with Crippen LogP contribution in [0.1, 0.15) is 24.5 Å². The van der Waals surface area contributed by atoms with Gasteiger partial charge in [-0.25, -0.2) is 0 Å². The quantitative estimate of drug-likeness (QED) is 0.803. The van der Waals surface area contributed by atoms with E-state index in [2.05, 4.69) is 66.1 Å². The van der Waals surface area contributed by atoms with E-state index in [1.807, 2.05) is 7.05 Å². The van der Waals surface area contributed by atoms with E-state index in [4.69, 9.17) is 0 Å². The van der Waals surface area contributed by atoms with Crippen LogP contribution in [-0.2, 0) is 13.0 Å². The van der Waals surface area contributed by atoms with Gasteiger partial charge in [0.1, 0.15) is 0 Å². The molecule has 0 radical (unpaired) electrons. The first-order valence-corrected chi connectivity index (χ1v) is 6.91. The molecule has 0 saturated heterocycles. The summed E-state index contributed by atoms with van der Waals surface area (Å²) in [6, 6.07) is 17.2. The molecule has 0 aliphatic heterocycles. The maximum absolute atomic E-state index is 3.45. The van der Waals surface area contributed by atoms with Crippen molar-refractivity contribution in [2.75, 3.05) is 17.7 Å². The Kier molecular flexibility index (Phi) is 4.85. The van der Waals surface area contributed by atoms with Gasteiger partial charge >= 0.3 is 0 Å². The fourth-order valence-corrected chi connectivity index (χ4v) is 2.12. The van der Waals surface area contributed by atoms with Crippen LogP contribution in [0.4, 0.5) is 11.4 Å². The lowest BCUT2D eigenvalue weighted by atomic mass is 10.1. The van der Waals surface area contributed by atoms with Gasteiger partial charge < -0.3 is 10.6 Å². The first kappa shape index (κ1) is 13.5. The minimum absolute atomic E-state index is 0.850. The second-order valence-electron chi connectivity index (χ2n) is 4.75. The number of nitrogens with one attached hydrogen (secondary N) is 2. The van der Waals surface area contributed by atoms with Crippen molar-refractivity contribution in [1.82, 2.24) is 0 Å². The van der Waals surface area contributed by atoms with E-state index in [1.54, 1.807) is 0 Å². The second kappa shape index (κ2) is 6.83. The first-order valence-electron chi connectivity index (χ1n) is 6.91. The Labute approximate surface area is 115 Å². The molecule has 2 heteroatoms. The highest BCUT2D eigenvalue weighted by molar-refractivity contribution is 5.48. The van der Waals surface area contributed by atoms with Crippen LogP contribution in [0.5, 0.6) is 0 Å². The number of benzene rings is 2. The van der Waals surface area contributed by atoms with Crippen molar-refractivity contribution >= 4 is 11.4 Å². The van der Waals surface area contributed by atoms with Gasteiger partial charge in [0.2, 0.25) is 0 Å². The number of hydrogen-bond donors (Lipinski definition) is 2. The zero-order chi connectivity index (χ0) is 13.5. The van der Waals surface area contributed by atoms with E-state index in [9.17, 15) is 0 Å². The Morgan fingerprint density at radius 2 is 1.68 bits per heavy atom.